The van der Waals surface area contributed by atoms with Gasteiger partial charge in [-0.2, -0.15) is 0 Å². The molecule has 2 aromatic rings. The van der Waals surface area contributed by atoms with E-state index >= 15 is 0 Å². The molecule has 1 aliphatic rings. The molecule has 0 fully saturated rings. The fraction of sp³-hybridized carbons (Fsp3) is 0.333. The molecule has 1 amide bonds. The summed E-state index contributed by atoms with van der Waals surface area (Å²) in [5.74, 6) is -0.885. The Labute approximate surface area is 140 Å². The fourth-order valence-corrected chi connectivity index (χ4v) is 2.87. The molecule has 0 aliphatic carbocycles. The summed E-state index contributed by atoms with van der Waals surface area (Å²) in [5, 5.41) is 0. The highest BCUT2D eigenvalue weighted by Crippen LogP contribution is 2.32. The molecule has 1 aromatic heterocycles. The van der Waals surface area contributed by atoms with Gasteiger partial charge in [-0.15, -0.1) is 0 Å². The zero-order chi connectivity index (χ0) is 17.3. The number of hydrogen-bond donors (Lipinski definition) is 0. The number of benzene rings is 1. The highest BCUT2D eigenvalue weighted by Gasteiger charge is 2.34. The Hall–Kier alpha value is -2.76. The van der Waals surface area contributed by atoms with Crippen LogP contribution in [0.15, 0.2) is 36.7 Å². The van der Waals surface area contributed by atoms with Crippen molar-refractivity contribution in [2.24, 2.45) is 0 Å². The molecule has 0 radical (unpaired) electrons. The molecule has 0 saturated carbocycles. The van der Waals surface area contributed by atoms with Crippen LogP contribution in [0.25, 0.3) is 0 Å². The van der Waals surface area contributed by atoms with Gasteiger partial charge in [-0.05, 0) is 38.8 Å². The second kappa shape index (κ2) is 6.39. The summed E-state index contributed by atoms with van der Waals surface area (Å²) in [6.45, 7) is 5.34. The third-order valence-electron chi connectivity index (χ3n) is 4.07. The molecule has 2 heterocycles. The van der Waals surface area contributed by atoms with Crippen molar-refractivity contribution in [1.82, 2.24) is 9.97 Å². The number of aryl methyl sites for hydroxylation is 1. The molecule has 124 valence electrons. The average Bonchev–Trinajstić information content (AvgIpc) is 2.90. The number of aromatic nitrogens is 2. The third-order valence-corrected chi connectivity index (χ3v) is 4.07. The Morgan fingerprint density at radius 3 is 2.71 bits per heavy atom. The lowest BCUT2D eigenvalue weighted by molar-refractivity contribution is -0.126. The summed E-state index contributed by atoms with van der Waals surface area (Å²) >= 11 is 0. The Bertz CT molecular complexity index is 773. The topological polar surface area (TPSA) is 72.4 Å². The van der Waals surface area contributed by atoms with Crippen molar-refractivity contribution in [2.75, 3.05) is 4.90 Å². The molecule has 6 nitrogen and oxygen atoms in total. The Balaban J connectivity index is 1.73. The summed E-state index contributed by atoms with van der Waals surface area (Å²) in [5.41, 5.74) is 2.81. The van der Waals surface area contributed by atoms with Crippen LogP contribution in [-0.2, 0) is 16.0 Å². The largest absolute Gasteiger partial charge is 0.448 e. The van der Waals surface area contributed by atoms with E-state index in [4.69, 9.17) is 4.74 Å². The first-order chi connectivity index (χ1) is 11.5. The van der Waals surface area contributed by atoms with Crippen LogP contribution < -0.4 is 4.90 Å². The van der Waals surface area contributed by atoms with Crippen LogP contribution in [0.4, 0.5) is 5.69 Å². The number of carbonyl (C=O) groups is 2. The number of hydrogen-bond acceptors (Lipinski definition) is 5. The predicted molar refractivity (Wildman–Crippen MR) is 88.7 cm³/mol. The van der Waals surface area contributed by atoms with Crippen LogP contribution in [0.5, 0.6) is 0 Å². The van der Waals surface area contributed by atoms with E-state index in [0.29, 0.717) is 5.69 Å². The van der Waals surface area contributed by atoms with Gasteiger partial charge >= 0.3 is 5.97 Å². The van der Waals surface area contributed by atoms with Gasteiger partial charge in [-0.1, -0.05) is 18.2 Å². The third kappa shape index (κ3) is 2.99. The van der Waals surface area contributed by atoms with Crippen LogP contribution in [0.1, 0.15) is 35.6 Å². The van der Waals surface area contributed by atoms with Crippen LogP contribution in [0.3, 0.4) is 0 Å². The van der Waals surface area contributed by atoms with E-state index in [1.165, 1.54) is 12.4 Å². The second-order valence-corrected chi connectivity index (χ2v) is 5.98. The van der Waals surface area contributed by atoms with Crippen molar-refractivity contribution in [3.8, 4) is 0 Å². The quantitative estimate of drug-likeness (QED) is 0.810. The Morgan fingerprint density at radius 1 is 1.25 bits per heavy atom. The molecule has 1 aliphatic heterocycles. The van der Waals surface area contributed by atoms with Crippen molar-refractivity contribution in [3.63, 3.8) is 0 Å². The smallest absolute Gasteiger partial charge is 0.359 e. The normalized spacial score (nSPS) is 17.3. The molecule has 6 heteroatoms. The maximum Gasteiger partial charge on any atom is 0.359 e. The van der Waals surface area contributed by atoms with Gasteiger partial charge in [-0.25, -0.2) is 9.78 Å². The maximum absolute atomic E-state index is 12.8. The number of fused-ring (bicyclic) bond motifs is 1. The Kier molecular flexibility index (Phi) is 4.29. The fourth-order valence-electron chi connectivity index (χ4n) is 2.87. The number of nitrogens with zero attached hydrogens (tertiary/aromatic N) is 3. The number of ether oxygens (including phenoxy) is 1. The van der Waals surface area contributed by atoms with Gasteiger partial charge in [0.2, 0.25) is 0 Å². The minimum Gasteiger partial charge on any atom is -0.448 e. The molecular weight excluding hydrogens is 306 g/mol. The van der Waals surface area contributed by atoms with Crippen molar-refractivity contribution >= 4 is 17.6 Å². The minimum atomic E-state index is -0.894. The zero-order valence-electron chi connectivity index (χ0n) is 13.9. The van der Waals surface area contributed by atoms with Gasteiger partial charge in [0, 0.05) is 17.9 Å². The number of amides is 1. The highest BCUT2D eigenvalue weighted by molar-refractivity contribution is 6.00. The van der Waals surface area contributed by atoms with Gasteiger partial charge in [0.15, 0.2) is 11.8 Å². The molecular formula is C18H19N3O3. The molecule has 24 heavy (non-hydrogen) atoms. The maximum atomic E-state index is 12.8. The standard InChI is InChI=1S/C18H19N3O3/c1-11-9-20-15(10-19-11)18(23)24-13(3)17(22)21-12(2)8-14-6-4-5-7-16(14)21/h4-7,9-10,12-13H,8H2,1-3H3/t12-,13-/m1/s1. The van der Waals surface area contributed by atoms with Gasteiger partial charge in [-0.3, -0.25) is 9.78 Å². The number of carbonyl (C=O) groups excluding carboxylic acids is 2. The second-order valence-electron chi connectivity index (χ2n) is 5.98. The van der Waals surface area contributed by atoms with Crippen LogP contribution >= 0.6 is 0 Å². The first kappa shape index (κ1) is 16.1. The minimum absolute atomic E-state index is 0.0372. The molecule has 2 atom stereocenters. The van der Waals surface area contributed by atoms with Gasteiger partial charge < -0.3 is 9.64 Å². The van der Waals surface area contributed by atoms with E-state index in [0.717, 1.165) is 17.7 Å². The van der Waals surface area contributed by atoms with Gasteiger partial charge in [0.1, 0.15) is 0 Å². The summed E-state index contributed by atoms with van der Waals surface area (Å²) in [6.07, 6.45) is 2.74. The monoisotopic (exact) mass is 325 g/mol. The summed E-state index contributed by atoms with van der Waals surface area (Å²) in [7, 11) is 0. The lowest BCUT2D eigenvalue weighted by Gasteiger charge is -2.25. The SMILES string of the molecule is Cc1cnc(C(=O)O[C@H](C)C(=O)N2c3ccccc3C[C@H]2C)cn1. The lowest BCUT2D eigenvalue weighted by Crippen LogP contribution is -2.43. The number of anilines is 1. The van der Waals surface area contributed by atoms with Crippen molar-refractivity contribution in [2.45, 2.75) is 39.3 Å². The van der Waals surface area contributed by atoms with Crippen molar-refractivity contribution < 1.29 is 14.3 Å². The van der Waals surface area contributed by atoms with E-state index in [-0.39, 0.29) is 17.6 Å². The number of para-hydroxylation sites is 1. The molecule has 0 unspecified atom stereocenters. The summed E-state index contributed by atoms with van der Waals surface area (Å²) in [4.78, 5) is 34.6. The molecule has 0 spiro atoms. The molecule has 0 saturated heterocycles. The van der Waals surface area contributed by atoms with Gasteiger partial charge in [0.05, 0.1) is 11.9 Å². The van der Waals surface area contributed by atoms with E-state index in [1.54, 1.807) is 18.7 Å². The summed E-state index contributed by atoms with van der Waals surface area (Å²) < 4.78 is 5.28. The zero-order valence-corrected chi connectivity index (χ0v) is 13.9. The highest BCUT2D eigenvalue weighted by atomic mass is 16.5. The molecule has 0 bridgehead atoms. The van der Waals surface area contributed by atoms with E-state index in [9.17, 15) is 9.59 Å². The predicted octanol–water partition coefficient (Wildman–Crippen LogP) is 2.31. The van der Waals surface area contributed by atoms with E-state index in [2.05, 4.69) is 9.97 Å². The van der Waals surface area contributed by atoms with Crippen molar-refractivity contribution in [1.29, 1.82) is 0 Å². The number of esters is 1. The average molecular weight is 325 g/mol. The van der Waals surface area contributed by atoms with Crippen LogP contribution in [-0.4, -0.2) is 34.0 Å². The number of rotatable bonds is 3. The lowest BCUT2D eigenvalue weighted by atomic mass is 10.1. The van der Waals surface area contributed by atoms with Crippen LogP contribution in [0.2, 0.25) is 0 Å². The van der Waals surface area contributed by atoms with Crippen molar-refractivity contribution in [3.05, 3.63) is 53.6 Å². The van der Waals surface area contributed by atoms with E-state index in [1.807, 2.05) is 31.2 Å². The first-order valence-corrected chi connectivity index (χ1v) is 7.88. The molecule has 0 N–H and O–H groups in total. The molecule has 3 rings (SSSR count). The van der Waals surface area contributed by atoms with Crippen LogP contribution in [0, 0.1) is 6.92 Å². The summed E-state index contributed by atoms with van der Waals surface area (Å²) in [6, 6.07) is 7.82. The van der Waals surface area contributed by atoms with Gasteiger partial charge in [0.25, 0.3) is 5.91 Å². The molecule has 1 aromatic carbocycles. The Morgan fingerprint density at radius 2 is 2.00 bits per heavy atom. The first-order valence-electron chi connectivity index (χ1n) is 7.88. The van der Waals surface area contributed by atoms with E-state index < -0.39 is 12.1 Å².